The van der Waals surface area contributed by atoms with E-state index >= 15 is 0 Å². The number of sulfonamides is 1. The minimum absolute atomic E-state index is 0.0654. The molecule has 0 aliphatic rings. The van der Waals surface area contributed by atoms with Crippen molar-refractivity contribution in [2.24, 2.45) is 5.73 Å². The van der Waals surface area contributed by atoms with Crippen molar-refractivity contribution >= 4 is 54.0 Å². The molecular formula is C10H9BrN4O3S2. The monoisotopic (exact) mass is 376 g/mol. The summed E-state index contributed by atoms with van der Waals surface area (Å²) in [6, 6.07) is 3.74. The molecule has 0 atom stereocenters. The number of amides is 1. The lowest BCUT2D eigenvalue weighted by atomic mass is 10.2. The third kappa shape index (κ3) is 3.08. The second-order valence-electron chi connectivity index (χ2n) is 3.69. The second-order valence-corrected chi connectivity index (χ2v) is 7.75. The molecule has 2 rings (SSSR count). The van der Waals surface area contributed by atoms with Gasteiger partial charge in [-0.3, -0.25) is 9.52 Å². The Morgan fingerprint density at radius 3 is 2.60 bits per heavy atom. The van der Waals surface area contributed by atoms with Gasteiger partial charge in [-0.25, -0.2) is 13.4 Å². The zero-order valence-corrected chi connectivity index (χ0v) is 13.0. The molecule has 1 amide bonds. The van der Waals surface area contributed by atoms with Crippen LogP contribution in [0.5, 0.6) is 0 Å². The van der Waals surface area contributed by atoms with Gasteiger partial charge >= 0.3 is 0 Å². The fourth-order valence-corrected chi connectivity index (χ4v) is 3.88. The average Bonchev–Trinajstić information content (AvgIpc) is 2.73. The summed E-state index contributed by atoms with van der Waals surface area (Å²) >= 11 is 4.30. The molecule has 2 aromatic rings. The number of anilines is 2. The average molecular weight is 377 g/mol. The number of nitrogens with two attached hydrogens (primary N) is 2. The van der Waals surface area contributed by atoms with Crippen molar-refractivity contribution in [1.82, 2.24) is 4.98 Å². The van der Waals surface area contributed by atoms with Crippen molar-refractivity contribution in [3.8, 4) is 0 Å². The highest BCUT2D eigenvalue weighted by atomic mass is 79.9. The summed E-state index contributed by atoms with van der Waals surface area (Å²) in [5.74, 6) is -0.683. The number of carbonyl (C=O) groups is 1. The number of rotatable bonds is 4. The maximum atomic E-state index is 12.2. The minimum atomic E-state index is -3.87. The molecule has 5 N–H and O–H groups in total. The molecule has 0 saturated carbocycles. The Hall–Kier alpha value is -1.65. The SMILES string of the molecule is NC(=O)c1ccc(S(=O)(=O)Nc2ncc(Br)s2)c(N)c1. The molecule has 0 fully saturated rings. The third-order valence-electron chi connectivity index (χ3n) is 2.28. The Morgan fingerprint density at radius 1 is 1.40 bits per heavy atom. The molecule has 0 saturated heterocycles. The number of nitrogens with one attached hydrogen (secondary N) is 1. The maximum Gasteiger partial charge on any atom is 0.265 e. The van der Waals surface area contributed by atoms with E-state index in [1.165, 1.54) is 24.4 Å². The number of halogens is 1. The quantitative estimate of drug-likeness (QED) is 0.694. The van der Waals surface area contributed by atoms with Gasteiger partial charge in [-0.05, 0) is 34.1 Å². The van der Waals surface area contributed by atoms with Crippen molar-refractivity contribution < 1.29 is 13.2 Å². The van der Waals surface area contributed by atoms with Crippen LogP contribution in [0.3, 0.4) is 0 Å². The topological polar surface area (TPSA) is 128 Å². The van der Waals surface area contributed by atoms with Gasteiger partial charge in [0, 0.05) is 5.56 Å². The fourth-order valence-electron chi connectivity index (χ4n) is 1.42. The molecule has 0 radical (unpaired) electrons. The highest BCUT2D eigenvalue weighted by Gasteiger charge is 2.20. The molecule has 1 heterocycles. The first-order valence-corrected chi connectivity index (χ1v) is 8.22. The van der Waals surface area contributed by atoms with E-state index in [0.717, 1.165) is 11.3 Å². The smallest absolute Gasteiger partial charge is 0.265 e. The lowest BCUT2D eigenvalue weighted by molar-refractivity contribution is 0.1000. The van der Waals surface area contributed by atoms with Crippen LogP contribution >= 0.6 is 27.3 Å². The molecule has 0 aliphatic heterocycles. The number of carbonyl (C=O) groups excluding carboxylic acids is 1. The van der Waals surface area contributed by atoms with E-state index in [-0.39, 0.29) is 21.3 Å². The molecule has 0 spiro atoms. The maximum absolute atomic E-state index is 12.2. The van der Waals surface area contributed by atoms with E-state index in [2.05, 4.69) is 25.6 Å². The molecule has 1 aromatic heterocycles. The molecule has 0 aliphatic carbocycles. The molecule has 7 nitrogen and oxygen atoms in total. The van der Waals surface area contributed by atoms with Crippen LogP contribution in [-0.4, -0.2) is 19.3 Å². The van der Waals surface area contributed by atoms with Crippen LogP contribution in [0.2, 0.25) is 0 Å². The second kappa shape index (κ2) is 5.38. The van der Waals surface area contributed by atoms with E-state index in [0.29, 0.717) is 3.79 Å². The molecule has 10 heteroatoms. The number of hydrogen-bond donors (Lipinski definition) is 3. The van der Waals surface area contributed by atoms with Crippen LogP contribution in [0.4, 0.5) is 10.8 Å². The van der Waals surface area contributed by atoms with Gasteiger partial charge in [-0.1, -0.05) is 11.3 Å². The van der Waals surface area contributed by atoms with Gasteiger partial charge in [0.05, 0.1) is 15.7 Å². The molecule has 0 bridgehead atoms. The number of nitrogen functional groups attached to an aromatic ring is 1. The first-order chi connectivity index (χ1) is 9.29. The van der Waals surface area contributed by atoms with Gasteiger partial charge in [0.15, 0.2) is 5.13 Å². The summed E-state index contributed by atoms with van der Waals surface area (Å²) in [5.41, 5.74) is 10.8. The van der Waals surface area contributed by atoms with Crippen LogP contribution in [0.25, 0.3) is 0 Å². The predicted octanol–water partition coefficient (Wildman–Crippen LogP) is 1.39. The zero-order valence-electron chi connectivity index (χ0n) is 9.83. The lowest BCUT2D eigenvalue weighted by Gasteiger charge is -2.08. The van der Waals surface area contributed by atoms with Crippen molar-refractivity contribution in [2.45, 2.75) is 4.90 Å². The third-order valence-corrected chi connectivity index (χ3v) is 5.22. The fraction of sp³-hybridized carbons (Fsp3) is 0. The number of thiazole rings is 1. The van der Waals surface area contributed by atoms with Crippen LogP contribution in [-0.2, 0) is 10.0 Å². The zero-order chi connectivity index (χ0) is 14.9. The normalized spacial score (nSPS) is 11.2. The highest BCUT2D eigenvalue weighted by molar-refractivity contribution is 9.11. The lowest BCUT2D eigenvalue weighted by Crippen LogP contribution is -2.16. The molecular weight excluding hydrogens is 368 g/mol. The van der Waals surface area contributed by atoms with Crippen LogP contribution in [0.15, 0.2) is 33.1 Å². The van der Waals surface area contributed by atoms with Gasteiger partial charge in [0.2, 0.25) is 5.91 Å². The largest absolute Gasteiger partial charge is 0.398 e. The summed E-state index contributed by atoms with van der Waals surface area (Å²) < 4.78 is 27.3. The first kappa shape index (κ1) is 14.8. The molecule has 20 heavy (non-hydrogen) atoms. The summed E-state index contributed by atoms with van der Waals surface area (Å²) in [6.45, 7) is 0. The molecule has 0 unspecified atom stereocenters. The summed E-state index contributed by atoms with van der Waals surface area (Å²) in [4.78, 5) is 14.7. The Morgan fingerprint density at radius 2 is 2.10 bits per heavy atom. The summed E-state index contributed by atoms with van der Waals surface area (Å²) in [5, 5.41) is 0.204. The Kier molecular flexibility index (Phi) is 3.97. The first-order valence-electron chi connectivity index (χ1n) is 5.13. The predicted molar refractivity (Wildman–Crippen MR) is 80.0 cm³/mol. The highest BCUT2D eigenvalue weighted by Crippen LogP contribution is 2.27. The Labute approximate surface area is 127 Å². The Balaban J connectivity index is 2.37. The van der Waals surface area contributed by atoms with Crippen LogP contribution in [0.1, 0.15) is 10.4 Å². The Bertz CT molecular complexity index is 773. The van der Waals surface area contributed by atoms with Crippen LogP contribution < -0.4 is 16.2 Å². The summed E-state index contributed by atoms with van der Waals surface area (Å²) in [6.07, 6.45) is 1.47. The van der Waals surface area contributed by atoms with E-state index in [4.69, 9.17) is 11.5 Å². The van der Waals surface area contributed by atoms with Crippen molar-refractivity contribution in [2.75, 3.05) is 10.5 Å². The van der Waals surface area contributed by atoms with Crippen molar-refractivity contribution in [1.29, 1.82) is 0 Å². The minimum Gasteiger partial charge on any atom is -0.398 e. The number of nitrogens with zero attached hydrogens (tertiary/aromatic N) is 1. The van der Waals surface area contributed by atoms with E-state index in [1.54, 1.807) is 0 Å². The van der Waals surface area contributed by atoms with Gasteiger partial charge < -0.3 is 11.5 Å². The number of benzene rings is 1. The van der Waals surface area contributed by atoms with Gasteiger partial charge in [-0.2, -0.15) is 0 Å². The van der Waals surface area contributed by atoms with E-state index in [1.807, 2.05) is 0 Å². The van der Waals surface area contributed by atoms with E-state index in [9.17, 15) is 13.2 Å². The van der Waals surface area contributed by atoms with E-state index < -0.39 is 15.9 Å². The van der Waals surface area contributed by atoms with Gasteiger partial charge in [0.1, 0.15) is 4.90 Å². The van der Waals surface area contributed by atoms with Crippen molar-refractivity contribution in [3.63, 3.8) is 0 Å². The number of primary amides is 1. The van der Waals surface area contributed by atoms with Crippen molar-refractivity contribution in [3.05, 3.63) is 33.7 Å². The standard InChI is InChI=1S/C10H9BrN4O3S2/c11-8-4-14-10(19-8)15-20(17,18)7-2-1-5(9(13)16)3-6(7)12/h1-4H,12H2,(H2,13,16)(H,14,15). The molecule has 106 valence electrons. The summed E-state index contributed by atoms with van der Waals surface area (Å²) in [7, 11) is -3.87. The van der Waals surface area contributed by atoms with Crippen LogP contribution in [0, 0.1) is 0 Å². The molecule has 1 aromatic carbocycles. The van der Waals surface area contributed by atoms with Gasteiger partial charge in [0.25, 0.3) is 10.0 Å². The van der Waals surface area contributed by atoms with Gasteiger partial charge in [-0.15, -0.1) is 0 Å². The number of aromatic nitrogens is 1. The number of hydrogen-bond acceptors (Lipinski definition) is 6.